The normalized spacial score (nSPS) is 5.29. The molecule has 0 atom stereocenters. The van der Waals surface area contributed by atoms with Crippen molar-refractivity contribution in [2.24, 2.45) is 5.73 Å². The molecule has 0 aliphatic heterocycles. The number of hydrogen-bond donors (Lipinski definition) is 2. The molecule has 0 amide bonds. The molecule has 0 aliphatic carbocycles. The molecule has 5 N–H and O–H groups in total. The molecular weight excluding hydrogens is 196 g/mol. The van der Waals surface area contributed by atoms with Gasteiger partial charge in [-0.1, -0.05) is 0 Å². The number of carboxylic acid groups (broad SMARTS) is 1. The molecule has 0 heterocycles. The van der Waals surface area contributed by atoms with E-state index in [4.69, 9.17) is 9.90 Å². The number of carboxylic acids is 1. The molecule has 0 aromatic rings. The SMILES string of the molecule is N.NCC(=O)[O-].[Cd+2]. The Morgan fingerprint density at radius 2 is 1.86 bits per heavy atom. The Hall–Kier alpha value is 0.312. The van der Waals surface area contributed by atoms with E-state index in [2.05, 4.69) is 5.73 Å². The van der Waals surface area contributed by atoms with E-state index >= 15 is 0 Å². The summed E-state index contributed by atoms with van der Waals surface area (Å²) in [6.07, 6.45) is 0. The quantitative estimate of drug-likeness (QED) is 0.475. The average Bonchev–Trinajstić information content (AvgIpc) is 1.38. The van der Waals surface area contributed by atoms with Gasteiger partial charge in [0.15, 0.2) is 0 Å². The van der Waals surface area contributed by atoms with E-state index in [9.17, 15) is 0 Å². The van der Waals surface area contributed by atoms with Gasteiger partial charge in [0.05, 0.1) is 5.97 Å². The van der Waals surface area contributed by atoms with E-state index < -0.39 is 5.97 Å². The Labute approximate surface area is 61.8 Å². The van der Waals surface area contributed by atoms with Crippen molar-refractivity contribution < 1.29 is 37.2 Å². The molecule has 5 heteroatoms. The van der Waals surface area contributed by atoms with Crippen molar-refractivity contribution in [1.82, 2.24) is 6.15 Å². The van der Waals surface area contributed by atoms with Gasteiger partial charge >= 0.3 is 27.3 Å². The maximum atomic E-state index is 9.13. The maximum Gasteiger partial charge on any atom is 2.00 e. The number of carbonyl (C=O) groups excluding carboxylic acids is 1. The number of hydrogen-bond acceptors (Lipinski definition) is 4. The summed E-state index contributed by atoms with van der Waals surface area (Å²) in [6.45, 7) is -0.389. The Balaban J connectivity index is -0.0000000800. The minimum atomic E-state index is -1.22. The van der Waals surface area contributed by atoms with Crippen LogP contribution in [0.2, 0.25) is 0 Å². The molecule has 0 aromatic carbocycles. The molecule has 0 aliphatic rings. The van der Waals surface area contributed by atoms with Crippen LogP contribution in [0.25, 0.3) is 0 Å². The van der Waals surface area contributed by atoms with Crippen LogP contribution in [-0.4, -0.2) is 12.5 Å². The van der Waals surface area contributed by atoms with Crippen molar-refractivity contribution in [3.8, 4) is 0 Å². The molecule has 0 unspecified atom stereocenters. The Morgan fingerprint density at radius 1 is 1.71 bits per heavy atom. The minimum absolute atomic E-state index is 0. The third kappa shape index (κ3) is 22.0. The molecule has 0 fully saturated rings. The van der Waals surface area contributed by atoms with Gasteiger partial charge in [0.2, 0.25) is 0 Å². The van der Waals surface area contributed by atoms with Crippen LogP contribution >= 0.6 is 0 Å². The van der Waals surface area contributed by atoms with Crippen molar-refractivity contribution >= 4 is 5.97 Å². The van der Waals surface area contributed by atoms with Crippen LogP contribution in [-0.2, 0) is 32.1 Å². The average molecular weight is 204 g/mol. The molecule has 7 heavy (non-hydrogen) atoms. The molecule has 0 aromatic heterocycles. The van der Waals surface area contributed by atoms with Gasteiger partial charge < -0.3 is 21.8 Å². The number of carbonyl (C=O) groups is 1. The van der Waals surface area contributed by atoms with Gasteiger partial charge in [-0.25, -0.2) is 0 Å². The van der Waals surface area contributed by atoms with Gasteiger partial charge in [-0.3, -0.25) is 0 Å². The molecular formula is C2H7CdN2O2+. The zero-order valence-corrected chi connectivity index (χ0v) is 8.05. The first-order valence-electron chi connectivity index (χ1n) is 1.17. The summed E-state index contributed by atoms with van der Waals surface area (Å²) in [7, 11) is 0. The van der Waals surface area contributed by atoms with Crippen LogP contribution < -0.4 is 17.0 Å². The summed E-state index contributed by atoms with van der Waals surface area (Å²) in [5.74, 6) is -1.22. The van der Waals surface area contributed by atoms with Gasteiger partial charge in [0.25, 0.3) is 0 Å². The summed E-state index contributed by atoms with van der Waals surface area (Å²) in [5, 5.41) is 9.13. The van der Waals surface area contributed by atoms with Crippen molar-refractivity contribution in [3.63, 3.8) is 0 Å². The van der Waals surface area contributed by atoms with Crippen molar-refractivity contribution in [3.05, 3.63) is 0 Å². The van der Waals surface area contributed by atoms with Crippen LogP contribution in [0.4, 0.5) is 0 Å². The zero-order chi connectivity index (χ0) is 4.28. The third-order valence-corrected chi connectivity index (χ3v) is 0.167. The van der Waals surface area contributed by atoms with E-state index in [0.717, 1.165) is 0 Å². The predicted molar refractivity (Wildman–Crippen MR) is 19.1 cm³/mol. The Morgan fingerprint density at radius 3 is 1.86 bits per heavy atom. The van der Waals surface area contributed by atoms with Crippen LogP contribution in [0.1, 0.15) is 0 Å². The van der Waals surface area contributed by atoms with Gasteiger partial charge in [0.1, 0.15) is 0 Å². The molecule has 4 nitrogen and oxygen atoms in total. The van der Waals surface area contributed by atoms with Crippen LogP contribution in [0, 0.1) is 0 Å². The van der Waals surface area contributed by atoms with E-state index in [1.54, 1.807) is 0 Å². The second-order valence-electron chi connectivity index (χ2n) is 0.576. The van der Waals surface area contributed by atoms with Crippen molar-refractivity contribution in [2.45, 2.75) is 0 Å². The van der Waals surface area contributed by atoms with E-state index in [1.807, 2.05) is 0 Å². The van der Waals surface area contributed by atoms with E-state index in [1.165, 1.54) is 0 Å². The van der Waals surface area contributed by atoms with Crippen LogP contribution in [0.15, 0.2) is 0 Å². The molecule has 0 spiro atoms. The van der Waals surface area contributed by atoms with E-state index in [0.29, 0.717) is 0 Å². The van der Waals surface area contributed by atoms with Gasteiger partial charge in [0, 0.05) is 6.54 Å². The molecule has 0 saturated carbocycles. The number of nitrogens with two attached hydrogens (primary N) is 1. The monoisotopic (exact) mass is 205 g/mol. The predicted octanol–water partition coefficient (Wildman–Crippen LogP) is -2.15. The minimum Gasteiger partial charge on any atom is -0.549 e. The summed E-state index contributed by atoms with van der Waals surface area (Å²) in [4.78, 5) is 9.13. The summed E-state index contributed by atoms with van der Waals surface area (Å²) >= 11 is 0. The smallest absolute Gasteiger partial charge is 0.549 e. The van der Waals surface area contributed by atoms with Crippen LogP contribution in [0.3, 0.4) is 0 Å². The molecule has 0 radical (unpaired) electrons. The summed E-state index contributed by atoms with van der Waals surface area (Å²) in [6, 6.07) is 0. The number of aliphatic carboxylic acids is 1. The molecule has 38 valence electrons. The van der Waals surface area contributed by atoms with Crippen molar-refractivity contribution in [1.29, 1.82) is 0 Å². The third-order valence-electron chi connectivity index (χ3n) is 0.167. The van der Waals surface area contributed by atoms with Gasteiger partial charge in [-0.15, -0.1) is 0 Å². The van der Waals surface area contributed by atoms with E-state index in [-0.39, 0.29) is 40.0 Å². The molecule has 0 bridgehead atoms. The van der Waals surface area contributed by atoms with Crippen LogP contribution in [0.5, 0.6) is 0 Å². The fourth-order valence-corrected chi connectivity index (χ4v) is 0. The first-order valence-corrected chi connectivity index (χ1v) is 1.17. The second kappa shape index (κ2) is 9.58. The fourth-order valence-electron chi connectivity index (χ4n) is 0. The zero-order valence-electron chi connectivity index (χ0n) is 4.02. The largest absolute Gasteiger partial charge is 2.00 e. The Bertz CT molecular complexity index is 49.0. The van der Waals surface area contributed by atoms with Crippen molar-refractivity contribution in [2.75, 3.05) is 6.54 Å². The molecule has 0 rings (SSSR count). The fraction of sp³-hybridized carbons (Fsp3) is 0.500. The summed E-state index contributed by atoms with van der Waals surface area (Å²) in [5.41, 5.74) is 4.51. The molecule has 0 saturated heterocycles. The maximum absolute atomic E-state index is 9.13. The standard InChI is InChI=1S/C2H5NO2.Cd.H3N/c3-1-2(4)5;;/h1,3H2,(H,4,5);;1H3/q;+2;/p-1. The van der Waals surface area contributed by atoms with Gasteiger partial charge in [-0.05, 0) is 0 Å². The first-order chi connectivity index (χ1) is 2.27. The topological polar surface area (TPSA) is 101 Å². The second-order valence-corrected chi connectivity index (χ2v) is 0.576. The Kier molecular flexibility index (Phi) is 21.4. The first kappa shape index (κ1) is 15.7. The summed E-state index contributed by atoms with van der Waals surface area (Å²) < 4.78 is 0. The number of rotatable bonds is 1. The van der Waals surface area contributed by atoms with Gasteiger partial charge in [-0.2, -0.15) is 0 Å².